The Kier molecular flexibility index (Phi) is 5.25. The van der Waals surface area contributed by atoms with E-state index in [-0.39, 0.29) is 5.92 Å². The average Bonchev–Trinajstić information content (AvgIpc) is 2.45. The van der Waals surface area contributed by atoms with Crippen molar-refractivity contribution in [3.8, 4) is 5.75 Å². The molecule has 0 aliphatic heterocycles. The molecule has 1 atom stereocenters. The van der Waals surface area contributed by atoms with Crippen LogP contribution in [0.3, 0.4) is 0 Å². The summed E-state index contributed by atoms with van der Waals surface area (Å²) in [6.07, 6.45) is 6.32. The summed E-state index contributed by atoms with van der Waals surface area (Å²) in [6.45, 7) is 0.484. The molecule has 1 aliphatic carbocycles. The second-order valence-electron chi connectivity index (χ2n) is 5.29. The number of carboxylic acid groups (broad SMARTS) is 1. The first-order valence-electron chi connectivity index (χ1n) is 7.18. The van der Waals surface area contributed by atoms with Gasteiger partial charge in [0.05, 0.1) is 12.5 Å². The summed E-state index contributed by atoms with van der Waals surface area (Å²) in [5.74, 6) is 0.244. The SMILES string of the molecule is O=C(O)C(CCOc1ccccc1)C1CCCCC1. The largest absolute Gasteiger partial charge is 0.494 e. The highest BCUT2D eigenvalue weighted by molar-refractivity contribution is 5.70. The molecule has 0 heterocycles. The van der Waals surface area contributed by atoms with Gasteiger partial charge < -0.3 is 9.84 Å². The van der Waals surface area contributed by atoms with Crippen LogP contribution in [0.15, 0.2) is 30.3 Å². The van der Waals surface area contributed by atoms with Crippen molar-refractivity contribution in [2.45, 2.75) is 38.5 Å². The van der Waals surface area contributed by atoms with Gasteiger partial charge in [-0.15, -0.1) is 0 Å². The zero-order chi connectivity index (χ0) is 13.5. The zero-order valence-corrected chi connectivity index (χ0v) is 11.3. The number of hydrogen-bond acceptors (Lipinski definition) is 2. The lowest BCUT2D eigenvalue weighted by Gasteiger charge is -2.27. The minimum absolute atomic E-state index is 0.246. The molecule has 104 valence electrons. The number of benzene rings is 1. The van der Waals surface area contributed by atoms with Crippen molar-refractivity contribution >= 4 is 5.97 Å². The van der Waals surface area contributed by atoms with Crippen LogP contribution in [0, 0.1) is 11.8 Å². The number of carbonyl (C=O) groups is 1. The Morgan fingerprint density at radius 2 is 1.89 bits per heavy atom. The first-order valence-corrected chi connectivity index (χ1v) is 7.18. The maximum Gasteiger partial charge on any atom is 0.306 e. The third kappa shape index (κ3) is 4.27. The van der Waals surface area contributed by atoms with Crippen molar-refractivity contribution in [3.05, 3.63) is 30.3 Å². The zero-order valence-electron chi connectivity index (χ0n) is 11.3. The van der Waals surface area contributed by atoms with Crippen molar-refractivity contribution in [1.82, 2.24) is 0 Å². The molecule has 1 saturated carbocycles. The van der Waals surface area contributed by atoms with Crippen LogP contribution in [0.5, 0.6) is 5.75 Å². The molecule has 3 heteroatoms. The topological polar surface area (TPSA) is 46.5 Å². The van der Waals surface area contributed by atoms with Crippen LogP contribution in [-0.2, 0) is 4.79 Å². The first kappa shape index (κ1) is 13.9. The van der Waals surface area contributed by atoms with Gasteiger partial charge in [0.15, 0.2) is 0 Å². The normalized spacial score (nSPS) is 17.9. The van der Waals surface area contributed by atoms with Crippen molar-refractivity contribution in [3.63, 3.8) is 0 Å². The molecule has 0 amide bonds. The summed E-state index contributed by atoms with van der Waals surface area (Å²) in [4.78, 5) is 11.4. The minimum Gasteiger partial charge on any atom is -0.494 e. The lowest BCUT2D eigenvalue weighted by molar-refractivity contribution is -0.144. The van der Waals surface area contributed by atoms with Gasteiger partial charge in [0, 0.05) is 0 Å². The van der Waals surface area contributed by atoms with Crippen LogP contribution in [0.4, 0.5) is 0 Å². The highest BCUT2D eigenvalue weighted by atomic mass is 16.5. The van der Waals surface area contributed by atoms with Gasteiger partial charge in [0.25, 0.3) is 0 Å². The molecule has 1 fully saturated rings. The van der Waals surface area contributed by atoms with E-state index in [2.05, 4.69) is 0 Å². The van der Waals surface area contributed by atoms with Gasteiger partial charge in [-0.2, -0.15) is 0 Å². The Bertz CT molecular complexity index is 382. The van der Waals surface area contributed by atoms with Gasteiger partial charge >= 0.3 is 5.97 Å². The molecule has 1 N–H and O–H groups in total. The van der Waals surface area contributed by atoms with Gasteiger partial charge in [0.1, 0.15) is 5.75 Å². The summed E-state index contributed by atoms with van der Waals surface area (Å²) in [5, 5.41) is 9.37. The molecule has 0 aromatic heterocycles. The Balaban J connectivity index is 1.82. The molecule has 2 rings (SSSR count). The standard InChI is InChI=1S/C16H22O3/c17-16(18)15(13-7-3-1-4-8-13)11-12-19-14-9-5-2-6-10-14/h2,5-6,9-10,13,15H,1,3-4,7-8,11-12H2,(H,17,18). The number of carboxylic acids is 1. The van der Waals surface area contributed by atoms with Crippen LogP contribution in [0.1, 0.15) is 38.5 Å². The Morgan fingerprint density at radius 3 is 2.53 bits per heavy atom. The fourth-order valence-corrected chi connectivity index (χ4v) is 2.92. The van der Waals surface area contributed by atoms with Gasteiger partial charge in [0.2, 0.25) is 0 Å². The highest BCUT2D eigenvalue weighted by Gasteiger charge is 2.29. The predicted molar refractivity (Wildman–Crippen MR) is 74.3 cm³/mol. The van der Waals surface area contributed by atoms with E-state index in [9.17, 15) is 9.90 Å². The lowest BCUT2D eigenvalue weighted by Crippen LogP contribution is -2.27. The second-order valence-corrected chi connectivity index (χ2v) is 5.29. The quantitative estimate of drug-likeness (QED) is 0.849. The fourth-order valence-electron chi connectivity index (χ4n) is 2.92. The van der Waals surface area contributed by atoms with E-state index in [1.54, 1.807) is 0 Å². The molecular weight excluding hydrogens is 240 g/mol. The fraction of sp³-hybridized carbons (Fsp3) is 0.562. The molecule has 3 nitrogen and oxygen atoms in total. The van der Waals surface area contributed by atoms with Gasteiger partial charge in [-0.05, 0) is 37.3 Å². The number of para-hydroxylation sites is 1. The van der Waals surface area contributed by atoms with Crippen molar-refractivity contribution < 1.29 is 14.6 Å². The van der Waals surface area contributed by atoms with Gasteiger partial charge in [-0.3, -0.25) is 4.79 Å². The molecule has 19 heavy (non-hydrogen) atoms. The molecule has 0 bridgehead atoms. The van der Waals surface area contributed by atoms with E-state index in [4.69, 9.17) is 4.74 Å². The third-order valence-corrected chi connectivity index (χ3v) is 3.98. The maximum absolute atomic E-state index is 11.4. The van der Waals surface area contributed by atoms with Crippen molar-refractivity contribution in [2.24, 2.45) is 11.8 Å². The van der Waals surface area contributed by atoms with E-state index >= 15 is 0 Å². The Labute approximate surface area is 114 Å². The molecule has 0 saturated heterocycles. The molecule has 1 aliphatic rings. The summed E-state index contributed by atoms with van der Waals surface area (Å²) in [7, 11) is 0. The van der Waals surface area contributed by atoms with Crippen molar-refractivity contribution in [1.29, 1.82) is 0 Å². The molecule has 0 spiro atoms. The Morgan fingerprint density at radius 1 is 1.21 bits per heavy atom. The minimum atomic E-state index is -0.663. The van der Waals surface area contributed by atoms with Crippen LogP contribution < -0.4 is 4.74 Å². The maximum atomic E-state index is 11.4. The number of ether oxygens (including phenoxy) is 1. The molecule has 0 radical (unpaired) electrons. The van der Waals surface area contributed by atoms with Crippen LogP contribution >= 0.6 is 0 Å². The summed E-state index contributed by atoms with van der Waals surface area (Å²) in [6, 6.07) is 9.58. The number of hydrogen-bond donors (Lipinski definition) is 1. The summed E-state index contributed by atoms with van der Waals surface area (Å²) >= 11 is 0. The van der Waals surface area contributed by atoms with Crippen LogP contribution in [0.2, 0.25) is 0 Å². The predicted octanol–water partition coefficient (Wildman–Crippen LogP) is 3.74. The highest BCUT2D eigenvalue weighted by Crippen LogP contribution is 2.32. The average molecular weight is 262 g/mol. The Hall–Kier alpha value is -1.51. The van der Waals surface area contributed by atoms with Crippen molar-refractivity contribution in [2.75, 3.05) is 6.61 Å². The monoisotopic (exact) mass is 262 g/mol. The molecular formula is C16H22O3. The third-order valence-electron chi connectivity index (χ3n) is 3.98. The van der Waals surface area contributed by atoms with Crippen LogP contribution in [-0.4, -0.2) is 17.7 Å². The number of aliphatic carboxylic acids is 1. The van der Waals surface area contributed by atoms with E-state index < -0.39 is 5.97 Å². The smallest absolute Gasteiger partial charge is 0.306 e. The van der Waals surface area contributed by atoms with E-state index in [0.717, 1.165) is 18.6 Å². The molecule has 1 aromatic carbocycles. The number of rotatable bonds is 6. The summed E-state index contributed by atoms with van der Waals surface area (Å²) < 4.78 is 5.61. The van der Waals surface area contributed by atoms with Gasteiger partial charge in [-0.25, -0.2) is 0 Å². The molecule has 1 unspecified atom stereocenters. The van der Waals surface area contributed by atoms with E-state index in [0.29, 0.717) is 18.9 Å². The lowest BCUT2D eigenvalue weighted by atomic mass is 9.79. The van der Waals surface area contributed by atoms with E-state index in [1.807, 2.05) is 30.3 Å². The van der Waals surface area contributed by atoms with E-state index in [1.165, 1.54) is 19.3 Å². The second kappa shape index (κ2) is 7.17. The van der Waals surface area contributed by atoms with Crippen LogP contribution in [0.25, 0.3) is 0 Å². The first-order chi connectivity index (χ1) is 9.27. The molecule has 1 aromatic rings. The summed E-state index contributed by atoms with van der Waals surface area (Å²) in [5.41, 5.74) is 0. The van der Waals surface area contributed by atoms with Gasteiger partial charge in [-0.1, -0.05) is 37.5 Å².